The molecule has 0 amide bonds. The third-order valence-corrected chi connectivity index (χ3v) is 3.12. The molecule has 0 aromatic heterocycles. The molecule has 0 aromatic carbocycles. The maximum Gasteiger partial charge on any atom is 0.0159 e. The molecule has 2 saturated heterocycles. The van der Waals surface area contributed by atoms with E-state index in [0.29, 0.717) is 0 Å². The second-order valence-corrected chi connectivity index (χ2v) is 4.32. The van der Waals surface area contributed by atoms with Crippen LogP contribution in [0.25, 0.3) is 0 Å². The van der Waals surface area contributed by atoms with Crippen molar-refractivity contribution in [1.82, 2.24) is 10.0 Å². The molecular weight excluding hydrogens is 148 g/mol. The van der Waals surface area contributed by atoms with Crippen molar-refractivity contribution in [3.63, 3.8) is 0 Å². The Hall–Kier alpha value is -0.0800. The van der Waals surface area contributed by atoms with Crippen LogP contribution < -0.4 is 0 Å². The molecule has 12 heavy (non-hydrogen) atoms. The van der Waals surface area contributed by atoms with Gasteiger partial charge in [0.1, 0.15) is 0 Å². The van der Waals surface area contributed by atoms with Crippen molar-refractivity contribution < 1.29 is 0 Å². The van der Waals surface area contributed by atoms with E-state index >= 15 is 0 Å². The average Bonchev–Trinajstić information content (AvgIpc) is 2.56. The average molecular weight is 168 g/mol. The molecule has 0 aliphatic carbocycles. The van der Waals surface area contributed by atoms with Crippen LogP contribution in [0.4, 0.5) is 0 Å². The molecule has 0 aromatic rings. The van der Waals surface area contributed by atoms with E-state index in [1.165, 1.54) is 51.9 Å². The van der Waals surface area contributed by atoms with Crippen molar-refractivity contribution in [2.75, 3.05) is 26.2 Å². The minimum atomic E-state index is 0.916. The number of hydrogen-bond acceptors (Lipinski definition) is 2. The van der Waals surface area contributed by atoms with Gasteiger partial charge in [-0.1, -0.05) is 6.92 Å². The number of nitrogens with zero attached hydrogens (tertiary/aromatic N) is 2. The Morgan fingerprint density at radius 1 is 0.917 bits per heavy atom. The molecule has 0 spiro atoms. The normalized spacial score (nSPS) is 34.2. The maximum absolute atomic E-state index is 2.58. The molecule has 2 heteroatoms. The Bertz CT molecular complexity index is 141. The van der Waals surface area contributed by atoms with E-state index in [2.05, 4.69) is 16.9 Å². The summed E-state index contributed by atoms with van der Waals surface area (Å²) in [7, 11) is 0. The van der Waals surface area contributed by atoms with Gasteiger partial charge in [0, 0.05) is 26.2 Å². The third-order valence-electron chi connectivity index (χ3n) is 3.12. The lowest BCUT2D eigenvalue weighted by molar-refractivity contribution is -0.0339. The van der Waals surface area contributed by atoms with Gasteiger partial charge in [0.25, 0.3) is 0 Å². The Balaban J connectivity index is 1.85. The number of hydrogen-bond donors (Lipinski definition) is 0. The predicted molar refractivity (Wildman–Crippen MR) is 50.8 cm³/mol. The molecular formula is C10H20N2. The van der Waals surface area contributed by atoms with Crippen molar-refractivity contribution in [3.8, 4) is 0 Å². The molecule has 2 rings (SSSR count). The van der Waals surface area contributed by atoms with Crippen LogP contribution in [0.1, 0.15) is 32.6 Å². The second kappa shape index (κ2) is 3.75. The van der Waals surface area contributed by atoms with Crippen LogP contribution >= 0.6 is 0 Å². The van der Waals surface area contributed by atoms with Crippen LogP contribution in [-0.2, 0) is 0 Å². The lowest BCUT2D eigenvalue weighted by atomic mass is 10.0. The molecule has 2 heterocycles. The van der Waals surface area contributed by atoms with Crippen LogP contribution in [0.5, 0.6) is 0 Å². The van der Waals surface area contributed by atoms with E-state index in [9.17, 15) is 0 Å². The highest BCUT2D eigenvalue weighted by atomic mass is 15.6. The topological polar surface area (TPSA) is 6.48 Å². The molecule has 70 valence electrons. The molecule has 2 nitrogen and oxygen atoms in total. The summed E-state index contributed by atoms with van der Waals surface area (Å²) in [5.74, 6) is 0.916. The summed E-state index contributed by atoms with van der Waals surface area (Å²) in [6, 6.07) is 0. The minimum Gasteiger partial charge on any atom is -0.242 e. The number of hydrazine groups is 1. The van der Waals surface area contributed by atoms with Gasteiger partial charge in [0.15, 0.2) is 0 Å². The van der Waals surface area contributed by atoms with Crippen molar-refractivity contribution in [3.05, 3.63) is 0 Å². The zero-order valence-electron chi connectivity index (χ0n) is 8.13. The van der Waals surface area contributed by atoms with Crippen molar-refractivity contribution in [2.24, 2.45) is 5.92 Å². The Kier molecular flexibility index (Phi) is 2.66. The first-order valence-corrected chi connectivity index (χ1v) is 5.36. The molecule has 2 aliphatic heterocycles. The van der Waals surface area contributed by atoms with Crippen molar-refractivity contribution >= 4 is 0 Å². The molecule has 0 N–H and O–H groups in total. The van der Waals surface area contributed by atoms with E-state index in [-0.39, 0.29) is 0 Å². The quantitative estimate of drug-likeness (QED) is 0.588. The van der Waals surface area contributed by atoms with Gasteiger partial charge in [-0.3, -0.25) is 0 Å². The van der Waals surface area contributed by atoms with E-state index in [0.717, 1.165) is 5.92 Å². The van der Waals surface area contributed by atoms with Crippen molar-refractivity contribution in [1.29, 1.82) is 0 Å². The standard InChI is InChI=1S/C10H20N2/c1-10-5-4-8-12(9-10)11-6-2-3-7-11/h10H,2-9H2,1H3. The van der Waals surface area contributed by atoms with Gasteiger partial charge in [-0.2, -0.15) is 0 Å². The largest absolute Gasteiger partial charge is 0.242 e. The fraction of sp³-hybridized carbons (Fsp3) is 1.00. The highest BCUT2D eigenvalue weighted by Gasteiger charge is 2.23. The monoisotopic (exact) mass is 168 g/mol. The Morgan fingerprint density at radius 2 is 1.58 bits per heavy atom. The smallest absolute Gasteiger partial charge is 0.0159 e. The van der Waals surface area contributed by atoms with E-state index in [1.54, 1.807) is 0 Å². The summed E-state index contributed by atoms with van der Waals surface area (Å²) in [6.45, 7) is 7.62. The number of rotatable bonds is 1. The van der Waals surface area contributed by atoms with Gasteiger partial charge in [0.2, 0.25) is 0 Å². The SMILES string of the molecule is CC1CCCN(N2CCCC2)C1. The summed E-state index contributed by atoms with van der Waals surface area (Å²) in [4.78, 5) is 0. The lowest BCUT2D eigenvalue weighted by Gasteiger charge is -2.37. The zero-order valence-corrected chi connectivity index (χ0v) is 8.13. The first-order valence-electron chi connectivity index (χ1n) is 5.36. The Labute approximate surface area is 75.5 Å². The molecule has 0 saturated carbocycles. The summed E-state index contributed by atoms with van der Waals surface area (Å²) in [5, 5.41) is 5.15. The Morgan fingerprint density at radius 3 is 2.25 bits per heavy atom. The van der Waals surface area contributed by atoms with E-state index < -0.39 is 0 Å². The summed E-state index contributed by atoms with van der Waals surface area (Å²) < 4.78 is 0. The zero-order chi connectivity index (χ0) is 8.39. The predicted octanol–water partition coefficient (Wildman–Crippen LogP) is 1.73. The second-order valence-electron chi connectivity index (χ2n) is 4.32. The van der Waals surface area contributed by atoms with Crippen LogP contribution in [-0.4, -0.2) is 36.2 Å². The van der Waals surface area contributed by atoms with Crippen molar-refractivity contribution in [2.45, 2.75) is 32.6 Å². The van der Waals surface area contributed by atoms with E-state index in [1.807, 2.05) is 0 Å². The van der Waals surface area contributed by atoms with Crippen LogP contribution in [0, 0.1) is 5.92 Å². The van der Waals surface area contributed by atoms with Crippen LogP contribution in [0.15, 0.2) is 0 Å². The summed E-state index contributed by atoms with van der Waals surface area (Å²) in [6.07, 6.45) is 5.65. The lowest BCUT2D eigenvalue weighted by Crippen LogP contribution is -2.46. The summed E-state index contributed by atoms with van der Waals surface area (Å²) in [5.41, 5.74) is 0. The van der Waals surface area contributed by atoms with E-state index in [4.69, 9.17) is 0 Å². The number of piperidine rings is 1. The summed E-state index contributed by atoms with van der Waals surface area (Å²) >= 11 is 0. The molecule has 1 unspecified atom stereocenters. The molecule has 0 radical (unpaired) electrons. The van der Waals surface area contributed by atoms with Gasteiger partial charge < -0.3 is 0 Å². The third kappa shape index (κ3) is 1.80. The minimum absolute atomic E-state index is 0.916. The van der Waals surface area contributed by atoms with Gasteiger partial charge in [-0.05, 0) is 31.6 Å². The van der Waals surface area contributed by atoms with Gasteiger partial charge in [-0.25, -0.2) is 10.0 Å². The maximum atomic E-state index is 2.58. The highest BCUT2D eigenvalue weighted by molar-refractivity contribution is 4.71. The molecule has 2 aliphatic rings. The van der Waals surface area contributed by atoms with Gasteiger partial charge in [-0.15, -0.1) is 0 Å². The van der Waals surface area contributed by atoms with Gasteiger partial charge >= 0.3 is 0 Å². The molecule has 0 bridgehead atoms. The first-order chi connectivity index (χ1) is 5.86. The van der Waals surface area contributed by atoms with Crippen LogP contribution in [0.2, 0.25) is 0 Å². The fourth-order valence-corrected chi connectivity index (χ4v) is 2.40. The fourth-order valence-electron chi connectivity index (χ4n) is 2.40. The van der Waals surface area contributed by atoms with Crippen LogP contribution in [0.3, 0.4) is 0 Å². The molecule has 2 fully saturated rings. The highest BCUT2D eigenvalue weighted by Crippen LogP contribution is 2.20. The molecule has 1 atom stereocenters. The van der Waals surface area contributed by atoms with Gasteiger partial charge in [0.05, 0.1) is 0 Å². The first kappa shape index (κ1) is 8.52.